The zero-order valence-electron chi connectivity index (χ0n) is 5.41. The molecular formula is C6H10FNO. The fourth-order valence-corrected chi connectivity index (χ4v) is 0.920. The van der Waals surface area contributed by atoms with Gasteiger partial charge in [-0.25, -0.2) is 4.39 Å². The van der Waals surface area contributed by atoms with Crippen molar-refractivity contribution >= 4 is 5.91 Å². The maximum Gasteiger partial charge on any atom is 0.257 e. The van der Waals surface area contributed by atoms with Crippen molar-refractivity contribution in [3.63, 3.8) is 0 Å². The van der Waals surface area contributed by atoms with Crippen molar-refractivity contribution in [1.29, 1.82) is 0 Å². The average Bonchev–Trinajstić information content (AvgIpc) is 1.77. The van der Waals surface area contributed by atoms with Crippen molar-refractivity contribution in [2.24, 2.45) is 0 Å². The molecule has 0 bridgehead atoms. The normalized spacial score (nSPS) is 36.0. The minimum absolute atomic E-state index is 0.360. The molecule has 0 aromatic rings. The molecule has 1 atom stereocenters. The van der Waals surface area contributed by atoms with Crippen LogP contribution in [0.3, 0.4) is 0 Å². The van der Waals surface area contributed by atoms with E-state index in [0.717, 1.165) is 6.42 Å². The molecule has 3 heteroatoms. The fourth-order valence-electron chi connectivity index (χ4n) is 0.920. The molecule has 0 aliphatic carbocycles. The van der Waals surface area contributed by atoms with Crippen LogP contribution in [0.15, 0.2) is 0 Å². The first-order valence-electron chi connectivity index (χ1n) is 3.10. The van der Waals surface area contributed by atoms with Gasteiger partial charge in [-0.2, -0.15) is 0 Å². The van der Waals surface area contributed by atoms with E-state index in [0.29, 0.717) is 13.0 Å². The molecular weight excluding hydrogens is 121 g/mol. The molecule has 0 aromatic carbocycles. The molecule has 0 radical (unpaired) electrons. The number of carbonyl (C=O) groups excluding carboxylic acids is 1. The maximum absolute atomic E-state index is 12.9. The summed E-state index contributed by atoms with van der Waals surface area (Å²) in [5, 5.41) is 2.46. The number of rotatable bonds is 0. The summed E-state index contributed by atoms with van der Waals surface area (Å²) in [6.07, 6.45) is 1.11. The highest BCUT2D eigenvalue weighted by Crippen LogP contribution is 2.20. The first-order valence-corrected chi connectivity index (χ1v) is 3.10. The molecule has 1 fully saturated rings. The Morgan fingerprint density at radius 3 is 2.78 bits per heavy atom. The van der Waals surface area contributed by atoms with Gasteiger partial charge in [-0.15, -0.1) is 0 Å². The second-order valence-corrected chi connectivity index (χ2v) is 2.56. The number of nitrogens with one attached hydrogen (secondary N) is 1. The highest BCUT2D eigenvalue weighted by atomic mass is 19.1. The summed E-state index contributed by atoms with van der Waals surface area (Å²) in [5.41, 5.74) is -1.61. The van der Waals surface area contributed by atoms with Gasteiger partial charge in [0.05, 0.1) is 0 Å². The SMILES string of the molecule is CC1(F)CCCNC1=O. The smallest absolute Gasteiger partial charge is 0.257 e. The topological polar surface area (TPSA) is 29.1 Å². The molecule has 1 aliphatic heterocycles. The van der Waals surface area contributed by atoms with Gasteiger partial charge in [0.15, 0.2) is 5.67 Å². The number of alkyl halides is 1. The molecule has 0 aromatic heterocycles. The largest absolute Gasteiger partial charge is 0.353 e. The monoisotopic (exact) mass is 131 g/mol. The van der Waals surface area contributed by atoms with Crippen LogP contribution < -0.4 is 5.32 Å². The zero-order chi connectivity index (χ0) is 6.91. The molecule has 2 nitrogen and oxygen atoms in total. The van der Waals surface area contributed by atoms with Gasteiger partial charge in [0, 0.05) is 6.54 Å². The number of hydrogen-bond acceptors (Lipinski definition) is 1. The summed E-state index contributed by atoms with van der Waals surface area (Å²) in [4.78, 5) is 10.6. The van der Waals surface area contributed by atoms with E-state index in [1.54, 1.807) is 0 Å². The molecule has 9 heavy (non-hydrogen) atoms. The number of halogens is 1. The average molecular weight is 131 g/mol. The summed E-state index contributed by atoms with van der Waals surface area (Å²) >= 11 is 0. The van der Waals surface area contributed by atoms with E-state index in [1.165, 1.54) is 6.92 Å². The van der Waals surface area contributed by atoms with E-state index < -0.39 is 11.6 Å². The summed E-state index contributed by atoms with van der Waals surface area (Å²) in [7, 11) is 0. The van der Waals surface area contributed by atoms with Crippen molar-refractivity contribution in [2.45, 2.75) is 25.4 Å². The van der Waals surface area contributed by atoms with Crippen molar-refractivity contribution in [2.75, 3.05) is 6.54 Å². The van der Waals surface area contributed by atoms with Crippen molar-refractivity contribution in [3.8, 4) is 0 Å². The van der Waals surface area contributed by atoms with Gasteiger partial charge in [-0.1, -0.05) is 0 Å². The van der Waals surface area contributed by atoms with E-state index in [1.807, 2.05) is 0 Å². The molecule has 0 saturated carbocycles. The van der Waals surface area contributed by atoms with E-state index in [4.69, 9.17) is 0 Å². The predicted molar refractivity (Wildman–Crippen MR) is 31.8 cm³/mol. The number of amides is 1. The zero-order valence-corrected chi connectivity index (χ0v) is 5.41. The Balaban J connectivity index is 2.60. The Bertz CT molecular complexity index is 133. The minimum atomic E-state index is -1.61. The lowest BCUT2D eigenvalue weighted by Crippen LogP contribution is -2.45. The van der Waals surface area contributed by atoms with Crippen LogP contribution >= 0.6 is 0 Å². The van der Waals surface area contributed by atoms with Gasteiger partial charge in [0.1, 0.15) is 0 Å². The molecule has 0 spiro atoms. The van der Waals surface area contributed by atoms with Gasteiger partial charge >= 0.3 is 0 Å². The van der Waals surface area contributed by atoms with Crippen molar-refractivity contribution < 1.29 is 9.18 Å². The lowest BCUT2D eigenvalue weighted by Gasteiger charge is -2.24. The van der Waals surface area contributed by atoms with Gasteiger partial charge in [0.2, 0.25) is 0 Å². The Hall–Kier alpha value is -0.600. The van der Waals surface area contributed by atoms with E-state index in [9.17, 15) is 9.18 Å². The van der Waals surface area contributed by atoms with E-state index in [-0.39, 0.29) is 0 Å². The van der Waals surface area contributed by atoms with Gasteiger partial charge in [-0.3, -0.25) is 4.79 Å². The number of hydrogen-bond donors (Lipinski definition) is 1. The molecule has 1 rings (SSSR count). The van der Waals surface area contributed by atoms with Gasteiger partial charge in [-0.05, 0) is 19.8 Å². The number of carbonyl (C=O) groups is 1. The fraction of sp³-hybridized carbons (Fsp3) is 0.833. The summed E-state index contributed by atoms with van der Waals surface area (Å²) in [6, 6.07) is 0. The maximum atomic E-state index is 12.9. The van der Waals surface area contributed by atoms with Crippen LogP contribution in [0.4, 0.5) is 4.39 Å². The predicted octanol–water partition coefficient (Wildman–Crippen LogP) is 0.625. The summed E-state index contributed by atoms with van der Waals surface area (Å²) in [5.74, 6) is -0.464. The lowest BCUT2D eigenvalue weighted by molar-refractivity contribution is -0.134. The van der Waals surface area contributed by atoms with Crippen LogP contribution in [0, 0.1) is 0 Å². The molecule has 1 unspecified atom stereocenters. The second kappa shape index (κ2) is 1.97. The van der Waals surface area contributed by atoms with Crippen LogP contribution in [-0.4, -0.2) is 18.1 Å². The first-order chi connectivity index (χ1) is 4.13. The van der Waals surface area contributed by atoms with Crippen LogP contribution in [-0.2, 0) is 4.79 Å². The van der Waals surface area contributed by atoms with Crippen LogP contribution in [0.1, 0.15) is 19.8 Å². The van der Waals surface area contributed by atoms with Crippen LogP contribution in [0.2, 0.25) is 0 Å². The molecule has 1 N–H and O–H groups in total. The third-order valence-electron chi connectivity index (χ3n) is 1.58. The molecule has 1 heterocycles. The van der Waals surface area contributed by atoms with Gasteiger partial charge < -0.3 is 5.32 Å². The summed E-state index contributed by atoms with van der Waals surface area (Å²) in [6.45, 7) is 1.94. The van der Waals surface area contributed by atoms with Crippen molar-refractivity contribution in [3.05, 3.63) is 0 Å². The quantitative estimate of drug-likeness (QED) is 0.513. The Labute approximate surface area is 53.4 Å². The Morgan fingerprint density at radius 1 is 1.78 bits per heavy atom. The highest BCUT2D eigenvalue weighted by molar-refractivity contribution is 5.85. The molecule has 1 aliphatic rings. The number of piperidine rings is 1. The minimum Gasteiger partial charge on any atom is -0.353 e. The molecule has 1 amide bonds. The first kappa shape index (κ1) is 6.52. The standard InChI is InChI=1S/C6H10FNO/c1-6(7)3-2-4-8-5(6)9/h2-4H2,1H3,(H,8,9). The van der Waals surface area contributed by atoms with Crippen molar-refractivity contribution in [1.82, 2.24) is 5.32 Å². The molecule has 1 saturated heterocycles. The van der Waals surface area contributed by atoms with Gasteiger partial charge in [0.25, 0.3) is 5.91 Å². The third kappa shape index (κ3) is 1.20. The summed E-state index contributed by atoms with van der Waals surface area (Å²) < 4.78 is 12.9. The highest BCUT2D eigenvalue weighted by Gasteiger charge is 2.34. The van der Waals surface area contributed by atoms with Crippen LogP contribution in [0.5, 0.6) is 0 Å². The van der Waals surface area contributed by atoms with Crippen LogP contribution in [0.25, 0.3) is 0 Å². The lowest BCUT2D eigenvalue weighted by atomic mass is 9.98. The third-order valence-corrected chi connectivity index (χ3v) is 1.58. The van der Waals surface area contributed by atoms with E-state index in [2.05, 4.69) is 5.32 Å². The Morgan fingerprint density at radius 2 is 2.44 bits per heavy atom. The second-order valence-electron chi connectivity index (χ2n) is 2.56. The molecule has 52 valence electrons. The van der Waals surface area contributed by atoms with E-state index >= 15 is 0 Å². The Kier molecular flexibility index (Phi) is 1.43.